The second kappa shape index (κ2) is 4.58. The van der Waals surface area contributed by atoms with Crippen LogP contribution in [0.2, 0.25) is 0 Å². The summed E-state index contributed by atoms with van der Waals surface area (Å²) in [7, 11) is -0.564. The predicted octanol–water partition coefficient (Wildman–Crippen LogP) is 2.77. The third-order valence-electron chi connectivity index (χ3n) is 4.17. The molecule has 1 fully saturated rings. The van der Waals surface area contributed by atoms with E-state index in [1.807, 2.05) is 34.6 Å². The molecule has 0 amide bonds. The van der Waals surface area contributed by atoms with Crippen molar-refractivity contribution < 1.29 is 13.7 Å². The molecule has 5 heteroatoms. The number of rotatable bonds is 2. The van der Waals surface area contributed by atoms with Crippen LogP contribution in [-0.2, 0) is 9.31 Å². The summed E-state index contributed by atoms with van der Waals surface area (Å²) < 4.78 is 25.2. The Labute approximate surface area is 114 Å². The fourth-order valence-corrected chi connectivity index (χ4v) is 2.15. The molecule has 0 radical (unpaired) electrons. The van der Waals surface area contributed by atoms with E-state index in [1.165, 1.54) is 12.1 Å². The van der Waals surface area contributed by atoms with Crippen LogP contribution in [0.3, 0.4) is 0 Å². The normalized spacial score (nSPS) is 22.6. The third kappa shape index (κ3) is 2.55. The highest BCUT2D eigenvalue weighted by atomic mass is 19.1. The molecule has 3 nitrogen and oxygen atoms in total. The molecule has 0 unspecified atom stereocenters. The van der Waals surface area contributed by atoms with E-state index in [2.05, 4.69) is 0 Å². The number of benzene rings is 1. The number of aryl methyl sites for hydroxylation is 1. The summed E-state index contributed by atoms with van der Waals surface area (Å²) in [6.07, 6.45) is 0. The molecule has 1 saturated heterocycles. The summed E-state index contributed by atoms with van der Waals surface area (Å²) in [4.78, 5) is 0. The van der Waals surface area contributed by atoms with Crippen LogP contribution in [-0.4, -0.2) is 18.3 Å². The van der Waals surface area contributed by atoms with Gasteiger partial charge in [0.05, 0.1) is 17.1 Å². The first kappa shape index (κ1) is 14.5. The van der Waals surface area contributed by atoms with Gasteiger partial charge in [-0.05, 0) is 57.9 Å². The third-order valence-corrected chi connectivity index (χ3v) is 4.17. The summed E-state index contributed by atoms with van der Waals surface area (Å²) in [5.41, 5.74) is 6.98. The number of nitrogens with two attached hydrogens (primary N) is 1. The first-order valence-corrected chi connectivity index (χ1v) is 6.51. The quantitative estimate of drug-likeness (QED) is 0.836. The van der Waals surface area contributed by atoms with Gasteiger partial charge in [-0.2, -0.15) is 0 Å². The molecule has 0 aliphatic carbocycles. The highest BCUT2D eigenvalue weighted by Gasteiger charge is 2.53. The van der Waals surface area contributed by atoms with Crippen LogP contribution >= 0.6 is 0 Å². The molecule has 1 aliphatic heterocycles. The molecule has 0 aromatic heterocycles. The molecule has 1 aromatic carbocycles. The van der Waals surface area contributed by atoms with Crippen molar-refractivity contribution in [2.45, 2.75) is 51.8 Å². The van der Waals surface area contributed by atoms with Crippen molar-refractivity contribution in [1.82, 2.24) is 0 Å². The Morgan fingerprint density at radius 1 is 1.16 bits per heavy atom. The van der Waals surface area contributed by atoms with Gasteiger partial charge in [0.2, 0.25) is 0 Å². The van der Waals surface area contributed by atoms with Crippen LogP contribution in [0.4, 0.5) is 4.39 Å². The van der Waals surface area contributed by atoms with Crippen LogP contribution < -0.4 is 5.73 Å². The molecular formula is C14H21BFNO2. The SMILES string of the molecule is Cc1ccc(F)cc1[C@H](N)B1OC(C)(C)C(C)(C)O1. The van der Waals surface area contributed by atoms with Gasteiger partial charge in [-0.25, -0.2) is 4.39 Å². The molecule has 0 spiro atoms. The van der Waals surface area contributed by atoms with Crippen molar-refractivity contribution in [3.05, 3.63) is 35.1 Å². The zero-order valence-electron chi connectivity index (χ0n) is 12.2. The van der Waals surface area contributed by atoms with E-state index >= 15 is 0 Å². The lowest BCUT2D eigenvalue weighted by Crippen LogP contribution is -2.41. The first-order valence-electron chi connectivity index (χ1n) is 6.51. The molecule has 2 N–H and O–H groups in total. The van der Waals surface area contributed by atoms with Crippen molar-refractivity contribution in [1.29, 1.82) is 0 Å². The molecule has 1 heterocycles. The van der Waals surface area contributed by atoms with Crippen LogP contribution in [0, 0.1) is 12.7 Å². The van der Waals surface area contributed by atoms with Gasteiger partial charge in [-0.15, -0.1) is 0 Å². The molecule has 2 rings (SSSR count). The summed E-state index contributed by atoms with van der Waals surface area (Å²) in [5, 5.41) is 0. The monoisotopic (exact) mass is 265 g/mol. The second-order valence-corrected chi connectivity index (χ2v) is 6.15. The average Bonchev–Trinajstić information content (AvgIpc) is 2.51. The maximum atomic E-state index is 13.4. The lowest BCUT2D eigenvalue weighted by atomic mass is 9.73. The Morgan fingerprint density at radius 2 is 1.68 bits per heavy atom. The largest absolute Gasteiger partial charge is 0.480 e. The number of hydrogen-bond acceptors (Lipinski definition) is 3. The van der Waals surface area contributed by atoms with E-state index in [0.29, 0.717) is 0 Å². The second-order valence-electron chi connectivity index (χ2n) is 6.15. The van der Waals surface area contributed by atoms with Crippen LogP contribution in [0.15, 0.2) is 18.2 Å². The average molecular weight is 265 g/mol. The Hall–Kier alpha value is -0.905. The maximum Gasteiger partial charge on any atom is 0.480 e. The van der Waals surface area contributed by atoms with Crippen molar-refractivity contribution in [2.75, 3.05) is 0 Å². The minimum Gasteiger partial charge on any atom is -0.402 e. The van der Waals surface area contributed by atoms with Gasteiger partial charge < -0.3 is 15.0 Å². The fourth-order valence-electron chi connectivity index (χ4n) is 2.15. The lowest BCUT2D eigenvalue weighted by molar-refractivity contribution is 0.00578. The minimum absolute atomic E-state index is 0.299. The molecule has 0 bridgehead atoms. The van der Waals surface area contributed by atoms with Gasteiger partial charge in [0.25, 0.3) is 0 Å². The zero-order chi connectivity index (χ0) is 14.4. The summed E-state index contributed by atoms with van der Waals surface area (Å²) in [6, 6.07) is 4.59. The highest BCUT2D eigenvalue weighted by Crippen LogP contribution is 2.39. The number of hydrogen-bond donors (Lipinski definition) is 1. The Kier molecular flexibility index (Phi) is 3.50. The standard InChI is InChI=1S/C14H21BFNO2/c1-9-6-7-10(16)8-11(9)12(17)15-18-13(2,3)14(4,5)19-15/h6-8,12H,17H2,1-5H3/t12-/m0/s1. The molecule has 1 aliphatic rings. The van der Waals surface area contributed by atoms with Crippen LogP contribution in [0.5, 0.6) is 0 Å². The summed E-state index contributed by atoms with van der Waals surface area (Å²) >= 11 is 0. The van der Waals surface area contributed by atoms with E-state index in [9.17, 15) is 4.39 Å². The van der Waals surface area contributed by atoms with Gasteiger partial charge in [0.1, 0.15) is 5.82 Å². The van der Waals surface area contributed by atoms with Gasteiger partial charge in [0.15, 0.2) is 0 Å². The minimum atomic E-state index is -0.564. The molecule has 0 saturated carbocycles. The van der Waals surface area contributed by atoms with E-state index < -0.39 is 24.3 Å². The topological polar surface area (TPSA) is 44.5 Å². The summed E-state index contributed by atoms with van der Waals surface area (Å²) in [5.74, 6) is -0.802. The van der Waals surface area contributed by atoms with Gasteiger partial charge in [0, 0.05) is 0 Å². The highest BCUT2D eigenvalue weighted by molar-refractivity contribution is 6.47. The molecular weight excluding hydrogens is 244 g/mol. The van der Waals surface area contributed by atoms with Crippen molar-refractivity contribution in [3.63, 3.8) is 0 Å². The van der Waals surface area contributed by atoms with Crippen molar-refractivity contribution >= 4 is 7.12 Å². The fraction of sp³-hybridized carbons (Fsp3) is 0.571. The maximum absolute atomic E-state index is 13.4. The van der Waals surface area contributed by atoms with E-state index in [1.54, 1.807) is 6.07 Å². The van der Waals surface area contributed by atoms with Crippen LogP contribution in [0.1, 0.15) is 44.8 Å². The molecule has 19 heavy (non-hydrogen) atoms. The molecule has 1 aromatic rings. The van der Waals surface area contributed by atoms with Gasteiger partial charge >= 0.3 is 7.12 Å². The van der Waals surface area contributed by atoms with E-state index in [-0.39, 0.29) is 5.82 Å². The smallest absolute Gasteiger partial charge is 0.402 e. The van der Waals surface area contributed by atoms with Crippen LogP contribution in [0.25, 0.3) is 0 Å². The number of halogens is 1. The Bertz CT molecular complexity index is 474. The predicted molar refractivity (Wildman–Crippen MR) is 74.1 cm³/mol. The van der Waals surface area contributed by atoms with Gasteiger partial charge in [-0.3, -0.25) is 0 Å². The van der Waals surface area contributed by atoms with Gasteiger partial charge in [-0.1, -0.05) is 6.07 Å². The Balaban J connectivity index is 2.27. The lowest BCUT2D eigenvalue weighted by Gasteiger charge is -2.32. The molecule has 104 valence electrons. The Morgan fingerprint density at radius 3 is 2.21 bits per heavy atom. The molecule has 1 atom stereocenters. The zero-order valence-corrected chi connectivity index (χ0v) is 12.2. The van der Waals surface area contributed by atoms with E-state index in [4.69, 9.17) is 15.0 Å². The van der Waals surface area contributed by atoms with E-state index in [0.717, 1.165) is 11.1 Å². The van der Waals surface area contributed by atoms with Crippen molar-refractivity contribution in [2.24, 2.45) is 5.73 Å². The first-order chi connectivity index (χ1) is 8.64. The summed E-state index contributed by atoms with van der Waals surface area (Å²) in [6.45, 7) is 9.78. The van der Waals surface area contributed by atoms with Crippen molar-refractivity contribution in [3.8, 4) is 0 Å².